The van der Waals surface area contributed by atoms with Crippen LogP contribution in [0.5, 0.6) is 0 Å². The normalized spacial score (nSPS) is 22.5. The van der Waals surface area contributed by atoms with E-state index in [4.69, 9.17) is 16.3 Å². The highest BCUT2D eigenvalue weighted by atomic mass is 35.5. The van der Waals surface area contributed by atoms with Crippen molar-refractivity contribution in [2.45, 2.75) is 42.6 Å². The van der Waals surface area contributed by atoms with E-state index in [1.54, 1.807) is 12.1 Å². The number of halogens is 1. The first-order valence-corrected chi connectivity index (χ1v) is 12.7. The fourth-order valence-electron chi connectivity index (χ4n) is 3.90. The van der Waals surface area contributed by atoms with E-state index >= 15 is 0 Å². The fourth-order valence-corrected chi connectivity index (χ4v) is 5.28. The van der Waals surface area contributed by atoms with Crippen molar-refractivity contribution in [1.82, 2.24) is 5.43 Å². The number of aryl methyl sites for hydroxylation is 1. The minimum atomic E-state index is -3.74. The summed E-state index contributed by atoms with van der Waals surface area (Å²) in [7, 11) is -3.74. The van der Waals surface area contributed by atoms with Gasteiger partial charge in [0.05, 0.1) is 28.9 Å². The predicted molar refractivity (Wildman–Crippen MR) is 129 cm³/mol. The number of hydrazone groups is 1. The number of sulfonamides is 1. The lowest BCUT2D eigenvalue weighted by molar-refractivity contribution is -0.126. The molecule has 0 spiro atoms. The van der Waals surface area contributed by atoms with Gasteiger partial charge in [0.15, 0.2) is 5.78 Å². The molecule has 1 aliphatic carbocycles. The molecule has 3 unspecified atom stereocenters. The maximum Gasteiger partial charge on any atom is 0.271 e. The van der Waals surface area contributed by atoms with E-state index in [2.05, 4.69) is 15.2 Å². The summed E-state index contributed by atoms with van der Waals surface area (Å²) in [5.74, 6) is -0.898. The van der Waals surface area contributed by atoms with Crippen LogP contribution in [0.1, 0.15) is 35.2 Å². The highest BCUT2D eigenvalue weighted by Crippen LogP contribution is 2.34. The number of ketones is 1. The van der Waals surface area contributed by atoms with E-state index in [0.717, 1.165) is 18.4 Å². The molecule has 0 aromatic heterocycles. The molecule has 0 saturated heterocycles. The zero-order valence-corrected chi connectivity index (χ0v) is 20.0. The number of carbonyl (C=O) groups is 2. The lowest BCUT2D eigenvalue weighted by Gasteiger charge is -2.35. The van der Waals surface area contributed by atoms with Crippen molar-refractivity contribution in [2.24, 2.45) is 11.0 Å². The minimum Gasteiger partial charge on any atom is -0.496 e. The average molecular weight is 502 g/mol. The third kappa shape index (κ3) is 5.48. The second-order valence-corrected chi connectivity index (χ2v) is 10.6. The smallest absolute Gasteiger partial charge is 0.271 e. The number of hydrogen-bond donors (Lipinski definition) is 2. The monoisotopic (exact) mass is 501 g/mol. The molecule has 0 bridgehead atoms. The van der Waals surface area contributed by atoms with Crippen molar-refractivity contribution < 1.29 is 22.7 Å². The van der Waals surface area contributed by atoms with Crippen LogP contribution in [0, 0.1) is 12.8 Å². The maximum atomic E-state index is 12.7. The minimum absolute atomic E-state index is 0.0471. The Hall–Kier alpha value is -3.17. The van der Waals surface area contributed by atoms with Crippen LogP contribution in [0.3, 0.4) is 0 Å². The van der Waals surface area contributed by atoms with E-state index in [-0.39, 0.29) is 39.2 Å². The summed E-state index contributed by atoms with van der Waals surface area (Å²) in [6.45, 7) is 1.87. The summed E-state index contributed by atoms with van der Waals surface area (Å²) >= 11 is 6.19. The quantitative estimate of drug-likeness (QED) is 0.355. The molecule has 2 aromatic rings. The van der Waals surface area contributed by atoms with Crippen molar-refractivity contribution in [1.29, 1.82) is 0 Å². The second-order valence-electron chi connectivity index (χ2n) is 8.32. The van der Waals surface area contributed by atoms with Crippen LogP contribution in [0.2, 0.25) is 0 Å². The van der Waals surface area contributed by atoms with Gasteiger partial charge in [-0.25, -0.2) is 13.8 Å². The van der Waals surface area contributed by atoms with E-state index in [9.17, 15) is 18.0 Å². The molecular weight excluding hydrogens is 478 g/mol. The number of fused-ring (bicyclic) bond motifs is 1. The van der Waals surface area contributed by atoms with Crippen LogP contribution in [-0.2, 0) is 19.6 Å². The van der Waals surface area contributed by atoms with Crippen LogP contribution in [0.15, 0.2) is 70.4 Å². The van der Waals surface area contributed by atoms with Crippen molar-refractivity contribution in [2.75, 3.05) is 4.72 Å². The lowest BCUT2D eigenvalue weighted by atomic mass is 9.80. The average Bonchev–Trinajstić information content (AvgIpc) is 2.81. The Kier molecular flexibility index (Phi) is 7.04. The van der Waals surface area contributed by atoms with Crippen LogP contribution in [0.4, 0.5) is 5.69 Å². The second kappa shape index (κ2) is 9.99. The number of allylic oxidation sites excluding steroid dienone is 1. The van der Waals surface area contributed by atoms with Gasteiger partial charge in [-0.3, -0.25) is 14.3 Å². The summed E-state index contributed by atoms with van der Waals surface area (Å²) in [4.78, 5) is 25.2. The van der Waals surface area contributed by atoms with Crippen LogP contribution < -0.4 is 10.1 Å². The van der Waals surface area contributed by atoms with Gasteiger partial charge in [0, 0.05) is 16.6 Å². The molecule has 34 heavy (non-hydrogen) atoms. The van der Waals surface area contributed by atoms with Crippen molar-refractivity contribution >= 4 is 45.2 Å². The number of benzene rings is 2. The summed E-state index contributed by atoms with van der Waals surface area (Å²) in [6, 6.07) is 12.4. The molecule has 1 amide bonds. The van der Waals surface area contributed by atoms with Gasteiger partial charge < -0.3 is 4.74 Å². The Bertz CT molecular complexity index is 1240. The molecule has 0 radical (unpaired) electrons. The van der Waals surface area contributed by atoms with Gasteiger partial charge in [-0.05, 0) is 62.6 Å². The first kappa shape index (κ1) is 24.0. The first-order chi connectivity index (χ1) is 16.2. The number of carbonyl (C=O) groups excluding carboxylic acids is 2. The van der Waals surface area contributed by atoms with Gasteiger partial charge in [0.2, 0.25) is 0 Å². The third-order valence-corrected chi connectivity index (χ3v) is 7.61. The number of hydrogen-bond acceptors (Lipinski definition) is 6. The number of alkyl halides is 1. The first-order valence-electron chi connectivity index (χ1n) is 10.8. The van der Waals surface area contributed by atoms with E-state index in [0.29, 0.717) is 12.1 Å². The molecule has 10 heteroatoms. The molecule has 2 aliphatic rings. The van der Waals surface area contributed by atoms with E-state index in [1.807, 2.05) is 6.92 Å². The van der Waals surface area contributed by atoms with Gasteiger partial charge in [-0.1, -0.05) is 17.7 Å². The van der Waals surface area contributed by atoms with Gasteiger partial charge in [-0.15, -0.1) is 11.6 Å². The SMILES string of the molecule is Cc1ccc(S(=O)(=O)Nc2ccc(C(=O)N/N=C/C3=COC4CCC(Cl)CC4C3=O)cc2)cc1. The van der Waals surface area contributed by atoms with Gasteiger partial charge in [0.1, 0.15) is 6.10 Å². The van der Waals surface area contributed by atoms with E-state index < -0.39 is 15.9 Å². The standard InChI is InChI=1S/C24H24ClN3O5S/c1-15-2-9-20(10-3-15)34(31,32)28-19-7-4-16(5-8-19)24(30)27-26-13-17-14-33-22-11-6-18(25)12-21(22)23(17)29/h2-5,7-10,13-14,18,21-22,28H,6,11-12H2,1H3,(H,27,30)/b26-13+. The number of nitrogens with zero attached hydrogens (tertiary/aromatic N) is 1. The fraction of sp³-hybridized carbons (Fsp3) is 0.292. The number of amides is 1. The van der Waals surface area contributed by atoms with Crippen molar-refractivity contribution in [3.63, 3.8) is 0 Å². The van der Waals surface area contributed by atoms with Gasteiger partial charge in [-0.2, -0.15) is 5.10 Å². The highest BCUT2D eigenvalue weighted by Gasteiger charge is 2.39. The number of nitrogens with one attached hydrogen (secondary N) is 2. The van der Waals surface area contributed by atoms with Gasteiger partial charge >= 0.3 is 0 Å². The zero-order valence-electron chi connectivity index (χ0n) is 18.4. The predicted octanol–water partition coefficient (Wildman–Crippen LogP) is 3.77. The summed E-state index contributed by atoms with van der Waals surface area (Å²) in [5, 5.41) is 3.82. The lowest BCUT2D eigenvalue weighted by Crippen LogP contribution is -2.40. The molecular formula is C24H24ClN3O5S. The maximum absolute atomic E-state index is 12.7. The Morgan fingerprint density at radius 2 is 1.82 bits per heavy atom. The van der Waals surface area contributed by atoms with E-state index in [1.165, 1.54) is 48.9 Å². The van der Waals surface area contributed by atoms with Crippen molar-refractivity contribution in [3.05, 3.63) is 71.5 Å². The largest absolute Gasteiger partial charge is 0.496 e. The number of ether oxygens (including phenoxy) is 1. The molecule has 1 aliphatic heterocycles. The topological polar surface area (TPSA) is 114 Å². The Morgan fingerprint density at radius 1 is 1.12 bits per heavy atom. The molecule has 1 saturated carbocycles. The van der Waals surface area contributed by atoms with Crippen molar-refractivity contribution in [3.8, 4) is 0 Å². The van der Waals surface area contributed by atoms with Crippen LogP contribution in [-0.4, -0.2) is 37.8 Å². The van der Waals surface area contributed by atoms with Crippen LogP contribution >= 0.6 is 11.6 Å². The molecule has 2 N–H and O–H groups in total. The Labute approximate surface area is 203 Å². The summed E-state index contributed by atoms with van der Waals surface area (Å²) in [5.41, 5.74) is 4.18. The molecule has 2 aromatic carbocycles. The molecule has 1 fully saturated rings. The number of rotatable bonds is 6. The third-order valence-electron chi connectivity index (χ3n) is 5.81. The Morgan fingerprint density at radius 3 is 2.53 bits per heavy atom. The molecule has 3 atom stereocenters. The highest BCUT2D eigenvalue weighted by molar-refractivity contribution is 7.92. The Balaban J connectivity index is 1.35. The van der Waals surface area contributed by atoms with Crippen LogP contribution in [0.25, 0.3) is 0 Å². The number of anilines is 1. The summed E-state index contributed by atoms with van der Waals surface area (Å²) in [6.07, 6.45) is 4.59. The summed E-state index contributed by atoms with van der Waals surface area (Å²) < 4.78 is 33.1. The zero-order chi connectivity index (χ0) is 24.3. The molecule has 178 valence electrons. The number of Topliss-reactive ketones (excluding diaryl/α,β-unsaturated/α-hetero) is 1. The molecule has 1 heterocycles. The molecule has 4 rings (SSSR count). The van der Waals surface area contributed by atoms with Gasteiger partial charge in [0.25, 0.3) is 15.9 Å². The molecule has 8 nitrogen and oxygen atoms in total.